The van der Waals surface area contributed by atoms with Gasteiger partial charge in [-0.15, -0.1) is 5.10 Å². The van der Waals surface area contributed by atoms with E-state index in [1.54, 1.807) is 16.8 Å². The van der Waals surface area contributed by atoms with Gasteiger partial charge in [-0.3, -0.25) is 0 Å². The number of aromatic nitrogens is 3. The third kappa shape index (κ3) is 3.46. The number of benzene rings is 1. The van der Waals surface area contributed by atoms with Crippen LogP contribution in [0.2, 0.25) is 0 Å². The van der Waals surface area contributed by atoms with Crippen molar-refractivity contribution in [1.82, 2.24) is 14.6 Å². The molecule has 2 aromatic heterocycles. The standard InChI is InChI=1S/C19H21N7/c20-12-13-2-1-3-16(10-13)23-17-11-18(25-26-9-8-22-19(17)26)24-15-6-4-14(21)5-7-15/h1-3,8-11,14-15,23H,4-7,21H2,(H,24,25)/t14-,15-. The fourth-order valence-corrected chi connectivity index (χ4v) is 3.37. The topological polar surface area (TPSA) is 104 Å². The van der Waals surface area contributed by atoms with E-state index < -0.39 is 0 Å². The molecule has 0 amide bonds. The molecule has 2 heterocycles. The third-order valence-electron chi connectivity index (χ3n) is 4.75. The van der Waals surface area contributed by atoms with Crippen LogP contribution >= 0.6 is 0 Å². The highest BCUT2D eigenvalue weighted by Crippen LogP contribution is 2.26. The number of fused-ring (bicyclic) bond motifs is 1. The lowest BCUT2D eigenvalue weighted by Crippen LogP contribution is -2.33. The van der Waals surface area contributed by atoms with E-state index in [1.807, 2.05) is 30.5 Å². The third-order valence-corrected chi connectivity index (χ3v) is 4.75. The Balaban J connectivity index is 1.61. The van der Waals surface area contributed by atoms with E-state index in [2.05, 4.69) is 26.8 Å². The van der Waals surface area contributed by atoms with Crippen molar-refractivity contribution in [3.05, 3.63) is 48.3 Å². The number of nitrogens with two attached hydrogens (primary N) is 1. The Morgan fingerprint density at radius 2 is 2.04 bits per heavy atom. The van der Waals surface area contributed by atoms with E-state index >= 15 is 0 Å². The predicted molar refractivity (Wildman–Crippen MR) is 101 cm³/mol. The van der Waals surface area contributed by atoms with Gasteiger partial charge in [0, 0.05) is 36.2 Å². The maximum absolute atomic E-state index is 9.09. The molecule has 26 heavy (non-hydrogen) atoms. The molecule has 0 aliphatic heterocycles. The number of hydrogen-bond donors (Lipinski definition) is 3. The predicted octanol–water partition coefficient (Wildman–Crippen LogP) is 3.03. The molecule has 0 spiro atoms. The van der Waals surface area contributed by atoms with E-state index in [0.717, 1.165) is 48.5 Å². The van der Waals surface area contributed by atoms with Crippen LogP contribution in [0.15, 0.2) is 42.7 Å². The molecule has 0 saturated heterocycles. The number of rotatable bonds is 4. The Morgan fingerprint density at radius 3 is 2.85 bits per heavy atom. The van der Waals surface area contributed by atoms with Crippen LogP contribution in [0.4, 0.5) is 17.2 Å². The first-order valence-corrected chi connectivity index (χ1v) is 8.85. The Morgan fingerprint density at radius 1 is 1.19 bits per heavy atom. The van der Waals surface area contributed by atoms with E-state index in [-0.39, 0.29) is 0 Å². The molecule has 132 valence electrons. The van der Waals surface area contributed by atoms with Crippen LogP contribution in [0.1, 0.15) is 31.2 Å². The summed E-state index contributed by atoms with van der Waals surface area (Å²) < 4.78 is 1.76. The average Bonchev–Trinajstić information content (AvgIpc) is 3.13. The quantitative estimate of drug-likeness (QED) is 0.670. The Hall–Kier alpha value is -3.11. The molecule has 4 rings (SSSR count). The van der Waals surface area contributed by atoms with Gasteiger partial charge in [0.2, 0.25) is 0 Å². The summed E-state index contributed by atoms with van der Waals surface area (Å²) in [5.41, 5.74) is 9.03. The van der Waals surface area contributed by atoms with Crippen LogP contribution in [0.25, 0.3) is 5.65 Å². The first-order chi connectivity index (χ1) is 12.7. The summed E-state index contributed by atoms with van der Waals surface area (Å²) in [4.78, 5) is 4.38. The second-order valence-electron chi connectivity index (χ2n) is 6.71. The molecule has 1 aliphatic rings. The number of hydrogen-bond acceptors (Lipinski definition) is 6. The number of nitriles is 1. The summed E-state index contributed by atoms with van der Waals surface area (Å²) in [6, 6.07) is 12.2. The Labute approximate surface area is 151 Å². The fraction of sp³-hybridized carbons (Fsp3) is 0.316. The van der Waals surface area contributed by atoms with Crippen molar-refractivity contribution in [2.75, 3.05) is 10.6 Å². The molecule has 7 nitrogen and oxygen atoms in total. The molecular weight excluding hydrogens is 326 g/mol. The van der Waals surface area contributed by atoms with Crippen LogP contribution in [0, 0.1) is 11.3 Å². The van der Waals surface area contributed by atoms with Gasteiger partial charge in [0.25, 0.3) is 0 Å². The number of anilines is 3. The molecule has 1 aromatic carbocycles. The number of imidazole rings is 1. The zero-order chi connectivity index (χ0) is 17.9. The van der Waals surface area contributed by atoms with Crippen LogP contribution in [-0.2, 0) is 0 Å². The summed E-state index contributed by atoms with van der Waals surface area (Å²) >= 11 is 0. The van der Waals surface area contributed by atoms with Crippen molar-refractivity contribution in [2.24, 2.45) is 5.73 Å². The van der Waals surface area contributed by atoms with E-state index in [4.69, 9.17) is 11.0 Å². The molecule has 0 bridgehead atoms. The maximum atomic E-state index is 9.09. The summed E-state index contributed by atoms with van der Waals surface area (Å²) in [5, 5.41) is 20.6. The second-order valence-corrected chi connectivity index (χ2v) is 6.71. The average molecular weight is 347 g/mol. The van der Waals surface area contributed by atoms with Gasteiger partial charge in [0.05, 0.1) is 17.3 Å². The molecule has 0 unspecified atom stereocenters. The molecule has 1 aliphatic carbocycles. The van der Waals surface area contributed by atoms with Gasteiger partial charge >= 0.3 is 0 Å². The van der Waals surface area contributed by atoms with E-state index in [1.165, 1.54) is 0 Å². The van der Waals surface area contributed by atoms with Crippen LogP contribution < -0.4 is 16.4 Å². The summed E-state index contributed by atoms with van der Waals surface area (Å²) in [7, 11) is 0. The second kappa shape index (κ2) is 7.02. The van der Waals surface area contributed by atoms with E-state index in [0.29, 0.717) is 17.6 Å². The minimum atomic E-state index is 0.321. The molecule has 0 radical (unpaired) electrons. The lowest BCUT2D eigenvalue weighted by molar-refractivity contribution is 0.410. The number of nitrogens with zero attached hydrogens (tertiary/aromatic N) is 4. The van der Waals surface area contributed by atoms with Crippen LogP contribution in [-0.4, -0.2) is 26.7 Å². The van der Waals surface area contributed by atoms with Crippen molar-refractivity contribution in [2.45, 2.75) is 37.8 Å². The van der Waals surface area contributed by atoms with Crippen molar-refractivity contribution in [3.8, 4) is 6.07 Å². The Bertz CT molecular complexity index is 948. The summed E-state index contributed by atoms with van der Waals surface area (Å²) in [6.45, 7) is 0. The Kier molecular flexibility index (Phi) is 4.42. The largest absolute Gasteiger partial charge is 0.366 e. The fourth-order valence-electron chi connectivity index (χ4n) is 3.37. The monoisotopic (exact) mass is 347 g/mol. The SMILES string of the molecule is N#Cc1cccc(Nc2cc(N[C@H]3CC[C@H](N)CC3)nn3ccnc23)c1. The van der Waals surface area contributed by atoms with Gasteiger partial charge in [-0.25, -0.2) is 9.50 Å². The van der Waals surface area contributed by atoms with Gasteiger partial charge in [0.15, 0.2) is 5.65 Å². The van der Waals surface area contributed by atoms with Gasteiger partial charge in [0.1, 0.15) is 5.82 Å². The lowest BCUT2D eigenvalue weighted by atomic mass is 9.92. The summed E-state index contributed by atoms with van der Waals surface area (Å²) in [6.07, 6.45) is 7.74. The molecule has 7 heteroatoms. The van der Waals surface area contributed by atoms with Crippen molar-refractivity contribution in [1.29, 1.82) is 5.26 Å². The van der Waals surface area contributed by atoms with Crippen molar-refractivity contribution in [3.63, 3.8) is 0 Å². The minimum absolute atomic E-state index is 0.321. The highest BCUT2D eigenvalue weighted by atomic mass is 15.3. The van der Waals surface area contributed by atoms with Crippen molar-refractivity contribution < 1.29 is 0 Å². The van der Waals surface area contributed by atoms with Gasteiger partial charge < -0.3 is 16.4 Å². The zero-order valence-corrected chi connectivity index (χ0v) is 14.4. The molecule has 0 atom stereocenters. The highest BCUT2D eigenvalue weighted by molar-refractivity contribution is 5.76. The number of nitrogens with one attached hydrogen (secondary N) is 2. The van der Waals surface area contributed by atoms with Gasteiger partial charge in [-0.2, -0.15) is 5.26 Å². The minimum Gasteiger partial charge on any atom is -0.366 e. The maximum Gasteiger partial charge on any atom is 0.177 e. The summed E-state index contributed by atoms with van der Waals surface area (Å²) in [5.74, 6) is 0.801. The first kappa shape index (κ1) is 16.4. The lowest BCUT2D eigenvalue weighted by Gasteiger charge is -2.27. The van der Waals surface area contributed by atoms with Gasteiger partial charge in [-0.1, -0.05) is 6.07 Å². The molecular formula is C19H21N7. The van der Waals surface area contributed by atoms with E-state index in [9.17, 15) is 0 Å². The zero-order valence-electron chi connectivity index (χ0n) is 14.4. The van der Waals surface area contributed by atoms with Crippen LogP contribution in [0.3, 0.4) is 0 Å². The molecule has 1 saturated carbocycles. The highest BCUT2D eigenvalue weighted by Gasteiger charge is 2.19. The molecule has 3 aromatic rings. The van der Waals surface area contributed by atoms with Crippen LogP contribution in [0.5, 0.6) is 0 Å². The molecule has 1 fully saturated rings. The molecule has 4 N–H and O–H groups in total. The normalized spacial score (nSPS) is 19.8. The smallest absolute Gasteiger partial charge is 0.177 e. The van der Waals surface area contributed by atoms with Crippen molar-refractivity contribution >= 4 is 22.8 Å². The first-order valence-electron chi connectivity index (χ1n) is 8.85. The van der Waals surface area contributed by atoms with Gasteiger partial charge in [-0.05, 0) is 43.9 Å².